The molecule has 6 heteroatoms. The van der Waals surface area contributed by atoms with Crippen molar-refractivity contribution >= 4 is 11.8 Å². The SMILES string of the molecule is CC1(C)NC(=O)C(C)(c2ccccc2)N(CC(F)F)C1=O. The minimum absolute atomic E-state index is 0.459. The standard InChI is InChI=1S/C15H18F2N2O2/c1-14(2)13(21)19(9-11(16)17)15(3,12(20)18-14)10-7-5-4-6-8-10/h4-8,11H,9H2,1-3H3,(H,18,20). The van der Waals surface area contributed by atoms with Gasteiger partial charge in [0.15, 0.2) is 0 Å². The molecule has 21 heavy (non-hydrogen) atoms. The first-order valence-corrected chi connectivity index (χ1v) is 6.68. The third-order valence-corrected chi connectivity index (χ3v) is 3.84. The molecule has 1 atom stereocenters. The van der Waals surface area contributed by atoms with Gasteiger partial charge in [-0.05, 0) is 26.3 Å². The smallest absolute Gasteiger partial charge is 0.255 e. The van der Waals surface area contributed by atoms with E-state index < -0.39 is 35.9 Å². The van der Waals surface area contributed by atoms with Crippen molar-refractivity contribution in [3.8, 4) is 0 Å². The second kappa shape index (κ2) is 5.09. The van der Waals surface area contributed by atoms with Gasteiger partial charge < -0.3 is 10.2 Å². The third kappa shape index (κ3) is 2.50. The molecule has 1 aromatic rings. The zero-order chi connectivity index (χ0) is 15.8. The highest BCUT2D eigenvalue weighted by molar-refractivity contribution is 6.02. The van der Waals surface area contributed by atoms with E-state index in [1.54, 1.807) is 30.3 Å². The minimum Gasteiger partial charge on any atom is -0.340 e. The first-order chi connectivity index (χ1) is 9.69. The monoisotopic (exact) mass is 296 g/mol. The lowest BCUT2D eigenvalue weighted by molar-refractivity contribution is -0.164. The van der Waals surface area contributed by atoms with E-state index in [1.807, 2.05) is 0 Å². The predicted molar refractivity (Wildman–Crippen MR) is 73.7 cm³/mol. The zero-order valence-electron chi connectivity index (χ0n) is 12.2. The maximum absolute atomic E-state index is 12.9. The van der Waals surface area contributed by atoms with Gasteiger partial charge >= 0.3 is 0 Å². The maximum Gasteiger partial charge on any atom is 0.255 e. The number of piperazine rings is 1. The summed E-state index contributed by atoms with van der Waals surface area (Å²) in [5.74, 6) is -0.979. The van der Waals surface area contributed by atoms with Crippen molar-refractivity contribution in [2.45, 2.75) is 38.3 Å². The molecule has 0 aliphatic carbocycles. The van der Waals surface area contributed by atoms with Crippen LogP contribution < -0.4 is 5.32 Å². The highest BCUT2D eigenvalue weighted by Crippen LogP contribution is 2.35. The van der Waals surface area contributed by atoms with Crippen LogP contribution in [0.1, 0.15) is 26.3 Å². The van der Waals surface area contributed by atoms with Crippen molar-refractivity contribution in [2.24, 2.45) is 0 Å². The van der Waals surface area contributed by atoms with Crippen LogP contribution in [0.5, 0.6) is 0 Å². The Morgan fingerprint density at radius 2 is 1.71 bits per heavy atom. The summed E-state index contributed by atoms with van der Waals surface area (Å²) in [5.41, 5.74) is -2.13. The fourth-order valence-electron chi connectivity index (χ4n) is 2.58. The van der Waals surface area contributed by atoms with Crippen LogP contribution in [0.25, 0.3) is 0 Å². The van der Waals surface area contributed by atoms with Crippen molar-refractivity contribution in [1.82, 2.24) is 10.2 Å². The summed E-state index contributed by atoms with van der Waals surface area (Å²) in [7, 11) is 0. The number of halogens is 2. The Morgan fingerprint density at radius 1 is 1.14 bits per heavy atom. The number of hydrogen-bond donors (Lipinski definition) is 1. The van der Waals surface area contributed by atoms with E-state index in [2.05, 4.69) is 5.32 Å². The molecule has 1 aliphatic heterocycles. The maximum atomic E-state index is 12.9. The Kier molecular flexibility index (Phi) is 3.74. The molecule has 2 rings (SSSR count). The molecule has 1 heterocycles. The fraction of sp³-hybridized carbons (Fsp3) is 0.467. The number of nitrogens with one attached hydrogen (secondary N) is 1. The number of benzene rings is 1. The van der Waals surface area contributed by atoms with Crippen molar-refractivity contribution < 1.29 is 18.4 Å². The highest BCUT2D eigenvalue weighted by atomic mass is 19.3. The summed E-state index contributed by atoms with van der Waals surface area (Å²) in [5, 5.41) is 2.62. The topological polar surface area (TPSA) is 49.4 Å². The fourth-order valence-corrected chi connectivity index (χ4v) is 2.58. The Bertz CT molecular complexity index is 560. The second-order valence-corrected chi connectivity index (χ2v) is 5.82. The third-order valence-electron chi connectivity index (χ3n) is 3.84. The van der Waals surface area contributed by atoms with Crippen molar-refractivity contribution in [1.29, 1.82) is 0 Å². The van der Waals surface area contributed by atoms with Gasteiger partial charge in [-0.15, -0.1) is 0 Å². The molecular weight excluding hydrogens is 278 g/mol. The Labute approximate surface area is 122 Å². The van der Waals surface area contributed by atoms with Gasteiger partial charge in [0.1, 0.15) is 11.1 Å². The summed E-state index contributed by atoms with van der Waals surface area (Å²) in [6.07, 6.45) is -2.71. The Balaban J connectivity index is 2.55. The average molecular weight is 296 g/mol. The van der Waals surface area contributed by atoms with Gasteiger partial charge in [0.05, 0.1) is 6.54 Å². The first-order valence-electron chi connectivity index (χ1n) is 6.68. The van der Waals surface area contributed by atoms with Crippen LogP contribution in [0.2, 0.25) is 0 Å². The van der Waals surface area contributed by atoms with E-state index >= 15 is 0 Å². The Morgan fingerprint density at radius 3 is 2.24 bits per heavy atom. The lowest BCUT2D eigenvalue weighted by Crippen LogP contribution is -2.72. The van der Waals surface area contributed by atoms with Gasteiger partial charge in [0.25, 0.3) is 12.3 Å². The van der Waals surface area contributed by atoms with Gasteiger partial charge in [0.2, 0.25) is 5.91 Å². The van der Waals surface area contributed by atoms with E-state index in [9.17, 15) is 18.4 Å². The highest BCUT2D eigenvalue weighted by Gasteiger charge is 2.54. The molecule has 0 saturated carbocycles. The quantitative estimate of drug-likeness (QED) is 0.926. The van der Waals surface area contributed by atoms with Crippen molar-refractivity contribution in [3.05, 3.63) is 35.9 Å². The largest absolute Gasteiger partial charge is 0.340 e. The minimum atomic E-state index is -2.71. The molecule has 1 N–H and O–H groups in total. The van der Waals surface area contributed by atoms with Crippen molar-refractivity contribution in [2.75, 3.05) is 6.54 Å². The van der Waals surface area contributed by atoms with Gasteiger partial charge in [-0.1, -0.05) is 30.3 Å². The molecular formula is C15H18F2N2O2. The Hall–Kier alpha value is -1.98. The lowest BCUT2D eigenvalue weighted by atomic mass is 9.83. The molecule has 1 aromatic carbocycles. The lowest BCUT2D eigenvalue weighted by Gasteiger charge is -2.49. The van der Waals surface area contributed by atoms with Gasteiger partial charge in [-0.25, -0.2) is 8.78 Å². The van der Waals surface area contributed by atoms with Crippen LogP contribution >= 0.6 is 0 Å². The van der Waals surface area contributed by atoms with E-state index in [1.165, 1.54) is 20.8 Å². The number of rotatable bonds is 3. The number of carbonyl (C=O) groups is 2. The molecule has 1 saturated heterocycles. The van der Waals surface area contributed by atoms with E-state index in [0.29, 0.717) is 5.56 Å². The molecule has 1 fully saturated rings. The van der Waals surface area contributed by atoms with E-state index in [4.69, 9.17) is 0 Å². The number of alkyl halides is 2. The van der Waals surface area contributed by atoms with E-state index in [-0.39, 0.29) is 0 Å². The van der Waals surface area contributed by atoms with Crippen LogP contribution in [0.4, 0.5) is 8.78 Å². The number of amides is 2. The zero-order valence-corrected chi connectivity index (χ0v) is 12.2. The molecule has 114 valence electrons. The summed E-state index contributed by atoms with van der Waals surface area (Å²) in [6.45, 7) is 3.74. The van der Waals surface area contributed by atoms with Crippen LogP contribution in [0.3, 0.4) is 0 Å². The average Bonchev–Trinajstić information content (AvgIpc) is 2.42. The van der Waals surface area contributed by atoms with Crippen molar-refractivity contribution in [3.63, 3.8) is 0 Å². The molecule has 1 aliphatic rings. The van der Waals surface area contributed by atoms with Crippen LogP contribution in [-0.2, 0) is 15.1 Å². The van der Waals surface area contributed by atoms with Crippen LogP contribution in [-0.4, -0.2) is 35.2 Å². The van der Waals surface area contributed by atoms with Crippen LogP contribution in [0, 0.1) is 0 Å². The van der Waals surface area contributed by atoms with Gasteiger partial charge in [-0.2, -0.15) is 0 Å². The molecule has 0 bridgehead atoms. The van der Waals surface area contributed by atoms with Crippen LogP contribution in [0.15, 0.2) is 30.3 Å². The van der Waals surface area contributed by atoms with Gasteiger partial charge in [0, 0.05) is 0 Å². The van der Waals surface area contributed by atoms with Gasteiger partial charge in [-0.3, -0.25) is 9.59 Å². The summed E-state index contributed by atoms with van der Waals surface area (Å²) in [4.78, 5) is 26.0. The number of nitrogens with zero attached hydrogens (tertiary/aromatic N) is 1. The summed E-state index contributed by atoms with van der Waals surface area (Å²) >= 11 is 0. The second-order valence-electron chi connectivity index (χ2n) is 5.82. The molecule has 4 nitrogen and oxygen atoms in total. The molecule has 1 unspecified atom stereocenters. The summed E-state index contributed by atoms with van der Waals surface area (Å²) in [6, 6.07) is 8.49. The molecule has 0 spiro atoms. The predicted octanol–water partition coefficient (Wildman–Crippen LogP) is 1.90. The van der Waals surface area contributed by atoms with E-state index in [0.717, 1.165) is 4.90 Å². The first kappa shape index (κ1) is 15.4. The molecule has 0 aromatic heterocycles. The molecule has 0 radical (unpaired) electrons. The number of carbonyl (C=O) groups excluding carboxylic acids is 2. The number of hydrogen-bond acceptors (Lipinski definition) is 2. The normalized spacial score (nSPS) is 25.1. The summed E-state index contributed by atoms with van der Waals surface area (Å²) < 4.78 is 25.8. The molecule has 2 amide bonds.